The zero-order chi connectivity index (χ0) is 27.7. The van der Waals surface area contributed by atoms with Crippen LogP contribution in [-0.4, -0.2) is 55.1 Å². The van der Waals surface area contributed by atoms with Gasteiger partial charge in [-0.15, -0.1) is 0 Å². The summed E-state index contributed by atoms with van der Waals surface area (Å²) in [6.07, 6.45) is 4.41. The highest BCUT2D eigenvalue weighted by atomic mass is 16.7. The van der Waals surface area contributed by atoms with E-state index in [4.69, 9.17) is 18.9 Å². The van der Waals surface area contributed by atoms with Crippen molar-refractivity contribution >= 4 is 29.7 Å². The van der Waals surface area contributed by atoms with Crippen LogP contribution in [0.25, 0.3) is 0 Å². The standard InChI is InChI=1S/C29H40O9/c1-5-13-35-25(33)37-17-23(32)29(38-26(34)36-14-6-2)12-10-21-20-8-7-18-15-19(30)9-11-27(18,3)24(20)22(31)16-28(21,29)4/h15,20-21,24H,5-14,16-17H2,1-4H3/t20-,21-,24+,27-,28-,29-/m0/s1. The van der Waals surface area contributed by atoms with Gasteiger partial charge in [0.2, 0.25) is 5.78 Å². The summed E-state index contributed by atoms with van der Waals surface area (Å²) in [4.78, 5) is 64.6. The molecule has 210 valence electrons. The summed E-state index contributed by atoms with van der Waals surface area (Å²) in [5.74, 6) is -0.725. The van der Waals surface area contributed by atoms with Gasteiger partial charge in [-0.1, -0.05) is 33.3 Å². The Morgan fingerprint density at radius 1 is 0.921 bits per heavy atom. The maximum atomic E-state index is 14.0. The van der Waals surface area contributed by atoms with Crippen LogP contribution in [0.4, 0.5) is 9.59 Å². The molecular weight excluding hydrogens is 492 g/mol. The predicted molar refractivity (Wildman–Crippen MR) is 135 cm³/mol. The highest BCUT2D eigenvalue weighted by molar-refractivity contribution is 5.95. The van der Waals surface area contributed by atoms with Crippen LogP contribution >= 0.6 is 0 Å². The Labute approximate surface area is 224 Å². The fourth-order valence-electron chi connectivity index (χ4n) is 7.88. The monoisotopic (exact) mass is 532 g/mol. The van der Waals surface area contributed by atoms with Gasteiger partial charge in [-0.05, 0) is 68.3 Å². The second-order valence-corrected chi connectivity index (χ2v) is 11.8. The smallest absolute Gasteiger partial charge is 0.434 e. The Balaban J connectivity index is 1.65. The maximum absolute atomic E-state index is 14.0. The molecule has 0 aromatic carbocycles. The molecule has 4 aliphatic carbocycles. The van der Waals surface area contributed by atoms with Crippen LogP contribution in [0.2, 0.25) is 0 Å². The number of allylic oxidation sites excluding steroid dienone is 1. The number of fused-ring (bicyclic) bond motifs is 5. The first-order valence-electron chi connectivity index (χ1n) is 14.0. The highest BCUT2D eigenvalue weighted by Crippen LogP contribution is 2.67. The topological polar surface area (TPSA) is 122 Å². The van der Waals surface area contributed by atoms with Crippen LogP contribution in [0.15, 0.2) is 11.6 Å². The number of ketones is 3. The van der Waals surface area contributed by atoms with E-state index in [1.165, 1.54) is 0 Å². The molecule has 0 amide bonds. The molecule has 9 heteroatoms. The average Bonchev–Trinajstić information content (AvgIpc) is 3.17. The Morgan fingerprint density at radius 3 is 2.29 bits per heavy atom. The predicted octanol–water partition coefficient (Wildman–Crippen LogP) is 5.13. The van der Waals surface area contributed by atoms with Crippen molar-refractivity contribution in [2.45, 2.75) is 91.1 Å². The molecular formula is C29H40O9. The number of ether oxygens (including phenoxy) is 4. The highest BCUT2D eigenvalue weighted by Gasteiger charge is 2.71. The molecule has 0 spiro atoms. The molecule has 0 bridgehead atoms. The van der Waals surface area contributed by atoms with Crippen LogP contribution in [0.5, 0.6) is 0 Å². The summed E-state index contributed by atoms with van der Waals surface area (Å²) in [5, 5.41) is 0. The molecule has 38 heavy (non-hydrogen) atoms. The van der Waals surface area contributed by atoms with Crippen LogP contribution in [0, 0.1) is 28.6 Å². The maximum Gasteiger partial charge on any atom is 0.509 e. The van der Waals surface area contributed by atoms with Crippen molar-refractivity contribution in [3.63, 3.8) is 0 Å². The van der Waals surface area contributed by atoms with Gasteiger partial charge in [0.1, 0.15) is 5.78 Å². The third-order valence-electron chi connectivity index (χ3n) is 9.65. The second-order valence-electron chi connectivity index (χ2n) is 11.8. The first-order chi connectivity index (χ1) is 18.0. The molecule has 4 aliphatic rings. The van der Waals surface area contributed by atoms with E-state index >= 15 is 0 Å². The number of rotatable bonds is 8. The van der Waals surface area contributed by atoms with Crippen molar-refractivity contribution in [1.82, 2.24) is 0 Å². The van der Waals surface area contributed by atoms with Crippen LogP contribution in [0.1, 0.15) is 85.5 Å². The summed E-state index contributed by atoms with van der Waals surface area (Å²) in [5.41, 5.74) is -1.96. The Kier molecular flexibility index (Phi) is 8.05. The van der Waals surface area contributed by atoms with Gasteiger partial charge in [0, 0.05) is 24.2 Å². The number of hydrogen-bond acceptors (Lipinski definition) is 9. The van der Waals surface area contributed by atoms with Gasteiger partial charge in [0.05, 0.1) is 13.2 Å². The second kappa shape index (κ2) is 10.8. The molecule has 0 unspecified atom stereocenters. The van der Waals surface area contributed by atoms with E-state index in [1.807, 2.05) is 20.8 Å². The van der Waals surface area contributed by atoms with Crippen molar-refractivity contribution < 1.29 is 42.9 Å². The third-order valence-corrected chi connectivity index (χ3v) is 9.65. The quantitative estimate of drug-likeness (QED) is 0.391. The first kappa shape index (κ1) is 28.3. The van der Waals surface area contributed by atoms with Crippen LogP contribution < -0.4 is 0 Å². The lowest BCUT2D eigenvalue weighted by Crippen LogP contribution is -2.62. The van der Waals surface area contributed by atoms with Crippen molar-refractivity contribution in [3.8, 4) is 0 Å². The molecule has 6 atom stereocenters. The van der Waals surface area contributed by atoms with Crippen molar-refractivity contribution in [1.29, 1.82) is 0 Å². The molecule has 4 rings (SSSR count). The number of hydrogen-bond donors (Lipinski definition) is 0. The van der Waals surface area contributed by atoms with Gasteiger partial charge in [-0.2, -0.15) is 0 Å². The molecule has 0 saturated heterocycles. The van der Waals surface area contributed by atoms with Crippen molar-refractivity contribution in [3.05, 3.63) is 11.6 Å². The summed E-state index contributed by atoms with van der Waals surface area (Å²) < 4.78 is 21.1. The normalized spacial score (nSPS) is 35.8. The van der Waals surface area contributed by atoms with Gasteiger partial charge in [-0.3, -0.25) is 14.4 Å². The van der Waals surface area contributed by atoms with E-state index in [9.17, 15) is 24.0 Å². The Hall–Kier alpha value is -2.71. The zero-order valence-corrected chi connectivity index (χ0v) is 23.0. The third kappa shape index (κ3) is 4.66. The largest absolute Gasteiger partial charge is 0.509 e. The molecule has 0 aromatic rings. The fourth-order valence-corrected chi connectivity index (χ4v) is 7.88. The van der Waals surface area contributed by atoms with Crippen molar-refractivity contribution in [2.75, 3.05) is 19.8 Å². The van der Waals surface area contributed by atoms with Gasteiger partial charge in [-0.25, -0.2) is 9.59 Å². The average molecular weight is 533 g/mol. The molecule has 0 heterocycles. The lowest BCUT2D eigenvalue weighted by Gasteiger charge is -2.57. The minimum absolute atomic E-state index is 0.00280. The van der Waals surface area contributed by atoms with E-state index in [0.717, 1.165) is 18.4 Å². The molecule has 3 fully saturated rings. The van der Waals surface area contributed by atoms with E-state index in [2.05, 4.69) is 6.92 Å². The summed E-state index contributed by atoms with van der Waals surface area (Å²) in [6.45, 7) is 7.32. The minimum Gasteiger partial charge on any atom is -0.434 e. The fraction of sp³-hybridized carbons (Fsp3) is 0.759. The summed E-state index contributed by atoms with van der Waals surface area (Å²) in [6, 6.07) is 0. The number of carbonyl (C=O) groups is 5. The number of carbonyl (C=O) groups excluding carboxylic acids is 5. The SMILES string of the molecule is CCCOC(=O)OCC(=O)[C@@]1(OC(=O)OCCC)CC[C@H]2[C@@H]3CCC4=CC(=O)CC[C@]4(C)[C@H]3C(=O)C[C@@]21C. The summed E-state index contributed by atoms with van der Waals surface area (Å²) in [7, 11) is 0. The Bertz CT molecular complexity index is 1030. The number of Topliss-reactive ketones (excluding diaryl/α,β-unsaturated/α-hetero) is 2. The van der Waals surface area contributed by atoms with Gasteiger partial charge in [0.15, 0.2) is 18.0 Å². The van der Waals surface area contributed by atoms with Crippen molar-refractivity contribution in [2.24, 2.45) is 28.6 Å². The molecule has 0 radical (unpaired) electrons. The van der Waals surface area contributed by atoms with E-state index < -0.39 is 35.7 Å². The van der Waals surface area contributed by atoms with Crippen LogP contribution in [-0.2, 0) is 33.3 Å². The van der Waals surface area contributed by atoms with Crippen LogP contribution in [0.3, 0.4) is 0 Å². The molecule has 0 N–H and O–H groups in total. The molecule has 3 saturated carbocycles. The Morgan fingerprint density at radius 2 is 1.61 bits per heavy atom. The molecule has 0 aliphatic heterocycles. The molecule has 0 aromatic heterocycles. The lowest BCUT2D eigenvalue weighted by molar-refractivity contribution is -0.175. The van der Waals surface area contributed by atoms with E-state index in [0.29, 0.717) is 32.1 Å². The van der Waals surface area contributed by atoms with Gasteiger partial charge in [0.25, 0.3) is 0 Å². The lowest BCUT2D eigenvalue weighted by atomic mass is 9.46. The van der Waals surface area contributed by atoms with E-state index in [1.54, 1.807) is 6.08 Å². The summed E-state index contributed by atoms with van der Waals surface area (Å²) >= 11 is 0. The van der Waals surface area contributed by atoms with Gasteiger partial charge < -0.3 is 18.9 Å². The first-order valence-corrected chi connectivity index (χ1v) is 14.0. The molecule has 9 nitrogen and oxygen atoms in total. The minimum atomic E-state index is -1.66. The zero-order valence-electron chi connectivity index (χ0n) is 23.0. The van der Waals surface area contributed by atoms with E-state index in [-0.39, 0.29) is 60.8 Å². The van der Waals surface area contributed by atoms with Gasteiger partial charge >= 0.3 is 12.3 Å².